The summed E-state index contributed by atoms with van der Waals surface area (Å²) in [6.45, 7) is 0. The zero-order valence-corrected chi connectivity index (χ0v) is 27.7. The van der Waals surface area contributed by atoms with E-state index in [1.54, 1.807) is 6.20 Å². The average molecular weight is 666 g/mol. The molecule has 4 aromatic heterocycles. The van der Waals surface area contributed by atoms with Crippen molar-refractivity contribution in [1.29, 1.82) is 0 Å². The normalized spacial score (nSPS) is 11.8. The van der Waals surface area contributed by atoms with Gasteiger partial charge in [-0.05, 0) is 58.6 Å². The quantitative estimate of drug-likeness (QED) is 0.187. The molecule has 0 aliphatic rings. The molecule has 11 aromatic rings. The van der Waals surface area contributed by atoms with Crippen LogP contribution in [0.25, 0.3) is 105 Å². The zero-order chi connectivity index (χ0) is 34.2. The molecule has 4 heterocycles. The van der Waals surface area contributed by atoms with Gasteiger partial charge in [-0.1, -0.05) is 115 Å². The minimum absolute atomic E-state index is 0.571. The fourth-order valence-electron chi connectivity index (χ4n) is 7.76. The SMILES string of the molecule is c1ccc(-c2nc(-c3ccc4c(c3)oc3cccnc34)nc(-c3cccc4c(-n5c6ccccc6c6c7ccccc7ccc65)cccc34)n2)cc1. The third-order valence-electron chi connectivity index (χ3n) is 10.1. The van der Waals surface area contributed by atoms with Gasteiger partial charge in [0.1, 0.15) is 11.1 Å². The van der Waals surface area contributed by atoms with E-state index in [1.807, 2.05) is 60.7 Å². The Morgan fingerprint density at radius 3 is 2.12 bits per heavy atom. The monoisotopic (exact) mass is 665 g/mol. The highest BCUT2D eigenvalue weighted by Gasteiger charge is 2.19. The minimum atomic E-state index is 0.571. The van der Waals surface area contributed by atoms with Crippen LogP contribution in [-0.4, -0.2) is 24.5 Å². The number of pyridine rings is 1. The summed E-state index contributed by atoms with van der Waals surface area (Å²) in [4.78, 5) is 19.8. The molecule has 0 saturated carbocycles. The maximum absolute atomic E-state index is 6.20. The highest BCUT2D eigenvalue weighted by atomic mass is 16.3. The molecule has 242 valence electrons. The fourth-order valence-corrected chi connectivity index (χ4v) is 7.76. The van der Waals surface area contributed by atoms with Gasteiger partial charge < -0.3 is 8.98 Å². The maximum Gasteiger partial charge on any atom is 0.164 e. The first-order valence-electron chi connectivity index (χ1n) is 17.3. The maximum atomic E-state index is 6.20. The molecule has 0 N–H and O–H groups in total. The molecular formula is C46H27N5O. The number of aromatic nitrogens is 5. The van der Waals surface area contributed by atoms with Crippen LogP contribution in [0.5, 0.6) is 0 Å². The summed E-state index contributed by atoms with van der Waals surface area (Å²) in [5.41, 5.74) is 8.45. The molecule has 11 rings (SSSR count). The first-order chi connectivity index (χ1) is 25.8. The summed E-state index contributed by atoms with van der Waals surface area (Å²) in [5.74, 6) is 1.78. The first kappa shape index (κ1) is 28.6. The summed E-state index contributed by atoms with van der Waals surface area (Å²) >= 11 is 0. The first-order valence-corrected chi connectivity index (χ1v) is 17.3. The van der Waals surface area contributed by atoms with E-state index in [0.29, 0.717) is 17.5 Å². The van der Waals surface area contributed by atoms with Crippen LogP contribution in [-0.2, 0) is 0 Å². The van der Waals surface area contributed by atoms with E-state index in [0.717, 1.165) is 60.7 Å². The van der Waals surface area contributed by atoms with Crippen molar-refractivity contribution in [2.24, 2.45) is 0 Å². The Hall–Kier alpha value is -7.18. The number of hydrogen-bond acceptors (Lipinski definition) is 5. The second-order valence-corrected chi connectivity index (χ2v) is 13.0. The fraction of sp³-hybridized carbons (Fsp3) is 0. The molecule has 6 heteroatoms. The Morgan fingerprint density at radius 1 is 0.442 bits per heavy atom. The predicted octanol–water partition coefficient (Wildman–Crippen LogP) is 11.6. The van der Waals surface area contributed by atoms with Crippen molar-refractivity contribution in [1.82, 2.24) is 24.5 Å². The number of hydrogen-bond donors (Lipinski definition) is 0. The molecule has 0 fully saturated rings. The van der Waals surface area contributed by atoms with E-state index >= 15 is 0 Å². The van der Waals surface area contributed by atoms with Crippen molar-refractivity contribution >= 4 is 65.4 Å². The van der Waals surface area contributed by atoms with Crippen molar-refractivity contribution in [3.8, 4) is 39.9 Å². The molecule has 0 radical (unpaired) electrons. The number of rotatable bonds is 4. The van der Waals surface area contributed by atoms with Gasteiger partial charge in [-0.15, -0.1) is 0 Å². The summed E-state index contributed by atoms with van der Waals surface area (Å²) < 4.78 is 8.60. The van der Waals surface area contributed by atoms with Gasteiger partial charge in [0.15, 0.2) is 23.1 Å². The van der Waals surface area contributed by atoms with Crippen molar-refractivity contribution in [3.63, 3.8) is 0 Å². The van der Waals surface area contributed by atoms with E-state index in [9.17, 15) is 0 Å². The lowest BCUT2D eigenvalue weighted by molar-refractivity contribution is 0.668. The van der Waals surface area contributed by atoms with Crippen LogP contribution in [0, 0.1) is 0 Å². The number of benzene rings is 7. The summed E-state index contributed by atoms with van der Waals surface area (Å²) in [7, 11) is 0. The molecule has 52 heavy (non-hydrogen) atoms. The molecule has 0 spiro atoms. The van der Waals surface area contributed by atoms with E-state index in [2.05, 4.69) is 107 Å². The Kier molecular flexibility index (Phi) is 6.15. The minimum Gasteiger partial charge on any atom is -0.454 e. The third kappa shape index (κ3) is 4.31. The van der Waals surface area contributed by atoms with Crippen LogP contribution < -0.4 is 0 Å². The van der Waals surface area contributed by atoms with Gasteiger partial charge >= 0.3 is 0 Å². The molecule has 0 atom stereocenters. The second-order valence-electron chi connectivity index (χ2n) is 13.0. The van der Waals surface area contributed by atoms with Crippen molar-refractivity contribution in [2.75, 3.05) is 0 Å². The molecule has 0 aliphatic carbocycles. The van der Waals surface area contributed by atoms with Gasteiger partial charge in [0.25, 0.3) is 0 Å². The number of furan rings is 1. The highest BCUT2D eigenvalue weighted by Crippen LogP contribution is 2.40. The molecular weight excluding hydrogens is 639 g/mol. The van der Waals surface area contributed by atoms with Gasteiger partial charge in [0, 0.05) is 44.4 Å². The van der Waals surface area contributed by atoms with E-state index < -0.39 is 0 Å². The summed E-state index contributed by atoms with van der Waals surface area (Å²) in [6.07, 6.45) is 1.79. The topological polar surface area (TPSA) is 69.6 Å². The highest BCUT2D eigenvalue weighted by molar-refractivity contribution is 6.22. The van der Waals surface area contributed by atoms with Crippen LogP contribution in [0.15, 0.2) is 168 Å². The molecule has 7 aromatic carbocycles. The number of para-hydroxylation sites is 1. The predicted molar refractivity (Wildman–Crippen MR) is 211 cm³/mol. The Bertz CT molecular complexity index is 3200. The second kappa shape index (κ2) is 11.2. The van der Waals surface area contributed by atoms with Crippen molar-refractivity contribution in [2.45, 2.75) is 0 Å². The van der Waals surface area contributed by atoms with Crippen LogP contribution in [0.1, 0.15) is 0 Å². The molecule has 0 unspecified atom stereocenters. The van der Waals surface area contributed by atoms with Gasteiger partial charge in [-0.2, -0.15) is 0 Å². The van der Waals surface area contributed by atoms with Crippen LogP contribution >= 0.6 is 0 Å². The standard InChI is InChI=1S/C46H27N5O/c1-2-12-29(13-3-1)44-48-45(30-22-24-36-41(27-30)52-40-21-10-26-47-43(36)40)50-46(49-44)34-18-8-17-33-32(34)16-9-20-37(33)51-38-19-7-6-15-35(38)42-31-14-5-4-11-28(31)23-25-39(42)51/h1-27H. The van der Waals surface area contributed by atoms with Crippen LogP contribution in [0.3, 0.4) is 0 Å². The van der Waals surface area contributed by atoms with Gasteiger partial charge in [0.05, 0.1) is 16.7 Å². The lowest BCUT2D eigenvalue weighted by Crippen LogP contribution is -2.01. The van der Waals surface area contributed by atoms with Gasteiger partial charge in [-0.25, -0.2) is 15.0 Å². The van der Waals surface area contributed by atoms with E-state index in [-0.39, 0.29) is 0 Å². The molecule has 0 amide bonds. The Balaban J connectivity index is 1.14. The molecule has 0 aliphatic heterocycles. The van der Waals surface area contributed by atoms with E-state index in [4.69, 9.17) is 19.4 Å². The lowest BCUT2D eigenvalue weighted by atomic mass is 10.0. The number of fused-ring (bicyclic) bond motifs is 9. The van der Waals surface area contributed by atoms with Gasteiger partial charge in [0.2, 0.25) is 0 Å². The molecule has 0 bridgehead atoms. The lowest BCUT2D eigenvalue weighted by Gasteiger charge is -2.14. The van der Waals surface area contributed by atoms with Crippen LogP contribution in [0.4, 0.5) is 0 Å². The summed E-state index contributed by atoms with van der Waals surface area (Å²) in [6, 6.07) is 54.7. The average Bonchev–Trinajstić information content (AvgIpc) is 3.76. The van der Waals surface area contributed by atoms with E-state index in [1.165, 1.54) is 27.1 Å². The summed E-state index contributed by atoms with van der Waals surface area (Å²) in [5, 5.41) is 8.09. The third-order valence-corrected chi connectivity index (χ3v) is 10.1. The largest absolute Gasteiger partial charge is 0.454 e. The molecule has 6 nitrogen and oxygen atoms in total. The Labute approximate surface area is 297 Å². The Morgan fingerprint density at radius 2 is 1.19 bits per heavy atom. The van der Waals surface area contributed by atoms with Crippen molar-refractivity contribution < 1.29 is 4.42 Å². The van der Waals surface area contributed by atoms with Crippen molar-refractivity contribution in [3.05, 3.63) is 164 Å². The zero-order valence-electron chi connectivity index (χ0n) is 27.7. The number of nitrogens with zero attached hydrogens (tertiary/aromatic N) is 5. The van der Waals surface area contributed by atoms with Crippen LogP contribution in [0.2, 0.25) is 0 Å². The smallest absolute Gasteiger partial charge is 0.164 e. The van der Waals surface area contributed by atoms with Gasteiger partial charge in [-0.3, -0.25) is 4.98 Å². The molecule has 0 saturated heterocycles.